The first kappa shape index (κ1) is 21.9. The molecule has 3 rings (SSSR count). The zero-order valence-corrected chi connectivity index (χ0v) is 18.5. The summed E-state index contributed by atoms with van der Waals surface area (Å²) in [6.07, 6.45) is 6.80. The van der Waals surface area contributed by atoms with Gasteiger partial charge in [-0.1, -0.05) is 54.4 Å². The second kappa shape index (κ2) is 9.80. The van der Waals surface area contributed by atoms with Gasteiger partial charge < -0.3 is 14.7 Å². The molecule has 1 aliphatic carbocycles. The molecule has 1 aliphatic rings. The summed E-state index contributed by atoms with van der Waals surface area (Å²) in [6, 6.07) is 15.9. The third-order valence-electron chi connectivity index (χ3n) is 5.92. The summed E-state index contributed by atoms with van der Waals surface area (Å²) in [5.74, 6) is 0.973. The van der Waals surface area contributed by atoms with Gasteiger partial charge in [0.2, 0.25) is 0 Å². The van der Waals surface area contributed by atoms with Crippen LogP contribution >= 0.6 is 11.6 Å². The molecule has 3 nitrogen and oxygen atoms in total. The van der Waals surface area contributed by atoms with Crippen molar-refractivity contribution in [3.05, 3.63) is 70.3 Å². The van der Waals surface area contributed by atoms with Crippen molar-refractivity contribution in [3.8, 4) is 5.75 Å². The lowest BCUT2D eigenvalue weighted by atomic mass is 9.74. The van der Waals surface area contributed by atoms with Crippen LogP contribution in [0.3, 0.4) is 0 Å². The number of hydrogen-bond donors (Lipinski definition) is 1. The van der Waals surface area contributed by atoms with Gasteiger partial charge in [-0.2, -0.15) is 0 Å². The molecule has 29 heavy (non-hydrogen) atoms. The lowest BCUT2D eigenvalue weighted by molar-refractivity contribution is 0.00518. The van der Waals surface area contributed by atoms with Crippen LogP contribution in [0.4, 0.5) is 0 Å². The van der Waals surface area contributed by atoms with E-state index in [9.17, 15) is 5.11 Å². The van der Waals surface area contributed by atoms with Crippen LogP contribution in [0, 0.1) is 5.92 Å². The van der Waals surface area contributed by atoms with E-state index in [4.69, 9.17) is 16.3 Å². The Hall–Kier alpha value is -1.81. The van der Waals surface area contributed by atoms with Gasteiger partial charge in [-0.25, -0.2) is 0 Å². The van der Waals surface area contributed by atoms with Gasteiger partial charge in [0, 0.05) is 23.9 Å². The maximum absolute atomic E-state index is 12.2. The van der Waals surface area contributed by atoms with Gasteiger partial charge in [-0.15, -0.1) is 0 Å². The van der Waals surface area contributed by atoms with Gasteiger partial charge in [-0.05, 0) is 68.3 Å². The molecule has 0 radical (unpaired) electrons. The van der Waals surface area contributed by atoms with E-state index < -0.39 is 5.60 Å². The molecule has 0 saturated heterocycles. The molecular formula is C25H32ClNO2. The summed E-state index contributed by atoms with van der Waals surface area (Å²) >= 11 is 6.49. The molecule has 0 amide bonds. The number of hydrogen-bond acceptors (Lipinski definition) is 3. The fourth-order valence-corrected chi connectivity index (χ4v) is 4.63. The monoisotopic (exact) mass is 413 g/mol. The van der Waals surface area contributed by atoms with E-state index in [1.165, 1.54) is 0 Å². The molecule has 1 saturated carbocycles. The van der Waals surface area contributed by atoms with Gasteiger partial charge >= 0.3 is 0 Å². The molecule has 2 unspecified atom stereocenters. The van der Waals surface area contributed by atoms with Crippen molar-refractivity contribution in [2.45, 2.75) is 37.7 Å². The summed E-state index contributed by atoms with van der Waals surface area (Å²) in [7, 11) is 5.83. The van der Waals surface area contributed by atoms with Crippen molar-refractivity contribution in [2.75, 3.05) is 27.7 Å². The molecule has 0 aliphatic heterocycles. The first-order valence-electron chi connectivity index (χ1n) is 10.4. The highest BCUT2D eigenvalue weighted by molar-refractivity contribution is 6.31. The lowest BCUT2D eigenvalue weighted by Gasteiger charge is -2.39. The Morgan fingerprint density at radius 3 is 2.69 bits per heavy atom. The van der Waals surface area contributed by atoms with Crippen LogP contribution in [0.15, 0.2) is 54.1 Å². The molecule has 2 aromatic carbocycles. The zero-order valence-electron chi connectivity index (χ0n) is 17.7. The summed E-state index contributed by atoms with van der Waals surface area (Å²) < 4.78 is 5.39. The van der Waals surface area contributed by atoms with Crippen LogP contribution < -0.4 is 4.74 Å². The van der Waals surface area contributed by atoms with Crippen LogP contribution in [0.2, 0.25) is 5.02 Å². The third kappa shape index (κ3) is 5.42. The number of benzene rings is 2. The van der Waals surface area contributed by atoms with E-state index in [1.807, 2.05) is 42.5 Å². The second-order valence-electron chi connectivity index (χ2n) is 8.34. The minimum atomic E-state index is -0.936. The number of rotatable bonds is 6. The number of methoxy groups -OCH3 is 1. The number of aliphatic hydroxyl groups is 1. The summed E-state index contributed by atoms with van der Waals surface area (Å²) in [4.78, 5) is 2.18. The van der Waals surface area contributed by atoms with Crippen LogP contribution in [0.1, 0.15) is 36.8 Å². The SMILES string of the molecule is COc1cccc(/C=C2\CCCCC(CN(C)C)C2(O)Cc2ccccc2Cl)c1. The third-order valence-corrected chi connectivity index (χ3v) is 6.29. The molecule has 0 heterocycles. The Balaban J connectivity index is 2.06. The predicted octanol–water partition coefficient (Wildman–Crippen LogP) is 5.46. The smallest absolute Gasteiger partial charge is 0.119 e. The average Bonchev–Trinajstić information content (AvgIpc) is 2.84. The maximum atomic E-state index is 12.2. The minimum absolute atomic E-state index is 0.146. The van der Waals surface area contributed by atoms with E-state index in [2.05, 4.69) is 31.1 Å². The topological polar surface area (TPSA) is 32.7 Å². The fourth-order valence-electron chi connectivity index (χ4n) is 4.43. The van der Waals surface area contributed by atoms with Gasteiger partial charge in [0.25, 0.3) is 0 Å². The van der Waals surface area contributed by atoms with E-state index in [0.29, 0.717) is 6.42 Å². The summed E-state index contributed by atoms with van der Waals surface area (Å²) in [5, 5.41) is 12.9. The molecule has 156 valence electrons. The highest BCUT2D eigenvalue weighted by Gasteiger charge is 2.41. The highest BCUT2D eigenvalue weighted by atomic mass is 35.5. The van der Waals surface area contributed by atoms with Crippen molar-refractivity contribution in [1.29, 1.82) is 0 Å². The Morgan fingerprint density at radius 1 is 1.17 bits per heavy atom. The van der Waals surface area contributed by atoms with E-state index in [0.717, 1.165) is 59.7 Å². The molecule has 2 atom stereocenters. The summed E-state index contributed by atoms with van der Waals surface area (Å²) in [5.41, 5.74) is 2.21. The molecule has 2 aromatic rings. The van der Waals surface area contributed by atoms with Crippen molar-refractivity contribution in [1.82, 2.24) is 4.90 Å². The number of ether oxygens (including phenoxy) is 1. The van der Waals surface area contributed by atoms with Crippen LogP contribution in [-0.4, -0.2) is 43.4 Å². The molecule has 0 spiro atoms. The van der Waals surface area contributed by atoms with E-state index >= 15 is 0 Å². The second-order valence-corrected chi connectivity index (χ2v) is 8.75. The van der Waals surface area contributed by atoms with Crippen LogP contribution in [-0.2, 0) is 6.42 Å². The van der Waals surface area contributed by atoms with E-state index in [1.54, 1.807) is 7.11 Å². The van der Waals surface area contributed by atoms with Gasteiger partial charge in [0.1, 0.15) is 5.75 Å². The maximum Gasteiger partial charge on any atom is 0.119 e. The average molecular weight is 414 g/mol. The Labute approximate surface area is 180 Å². The predicted molar refractivity (Wildman–Crippen MR) is 122 cm³/mol. The van der Waals surface area contributed by atoms with Crippen LogP contribution in [0.25, 0.3) is 6.08 Å². The molecule has 0 aromatic heterocycles. The highest BCUT2D eigenvalue weighted by Crippen LogP contribution is 2.41. The van der Waals surface area contributed by atoms with Crippen LogP contribution in [0.5, 0.6) is 5.75 Å². The molecule has 4 heteroatoms. The largest absolute Gasteiger partial charge is 0.497 e. The molecule has 1 fully saturated rings. The Morgan fingerprint density at radius 2 is 1.97 bits per heavy atom. The fraction of sp³-hybridized carbons (Fsp3) is 0.440. The standard InChI is InChI=1S/C25H32ClNO2/c1-27(2)18-22-12-6-5-11-21(15-19-9-8-13-23(16-19)29-3)25(22,28)17-20-10-4-7-14-24(20)26/h4,7-10,13-16,22,28H,5-6,11-12,17-18H2,1-3H3/b21-15+. The normalized spacial score (nSPS) is 23.9. The number of halogens is 1. The van der Waals surface area contributed by atoms with Gasteiger partial charge in [0.15, 0.2) is 0 Å². The van der Waals surface area contributed by atoms with Crippen molar-refractivity contribution in [3.63, 3.8) is 0 Å². The minimum Gasteiger partial charge on any atom is -0.497 e. The van der Waals surface area contributed by atoms with Crippen molar-refractivity contribution >= 4 is 17.7 Å². The van der Waals surface area contributed by atoms with E-state index in [-0.39, 0.29) is 5.92 Å². The Kier molecular flexibility index (Phi) is 7.39. The molecule has 1 N–H and O–H groups in total. The summed E-state index contributed by atoms with van der Waals surface area (Å²) in [6.45, 7) is 0.844. The Bertz CT molecular complexity index is 848. The quantitative estimate of drug-likeness (QED) is 0.638. The van der Waals surface area contributed by atoms with Crippen molar-refractivity contribution in [2.24, 2.45) is 5.92 Å². The van der Waals surface area contributed by atoms with Crippen molar-refractivity contribution < 1.29 is 9.84 Å². The van der Waals surface area contributed by atoms with Gasteiger partial charge in [0.05, 0.1) is 12.7 Å². The number of nitrogens with zero attached hydrogens (tertiary/aromatic N) is 1. The first-order valence-corrected chi connectivity index (χ1v) is 10.8. The van der Waals surface area contributed by atoms with Gasteiger partial charge in [-0.3, -0.25) is 0 Å². The lowest BCUT2D eigenvalue weighted by Crippen LogP contribution is -2.45. The molecule has 0 bridgehead atoms. The zero-order chi connectivity index (χ0) is 20.9. The molecular weight excluding hydrogens is 382 g/mol. The first-order chi connectivity index (χ1) is 13.9.